The van der Waals surface area contributed by atoms with Crippen molar-refractivity contribution in [3.8, 4) is 11.4 Å². The van der Waals surface area contributed by atoms with E-state index in [2.05, 4.69) is 16.2 Å². The number of anilines is 1. The fourth-order valence-corrected chi connectivity index (χ4v) is 3.81. The molecule has 4 rings (SSSR count). The lowest BCUT2D eigenvalue weighted by atomic mass is 9.99. The van der Waals surface area contributed by atoms with Gasteiger partial charge in [-0.3, -0.25) is 14.3 Å². The molecule has 0 bridgehead atoms. The van der Waals surface area contributed by atoms with Crippen molar-refractivity contribution in [2.24, 2.45) is 7.05 Å². The number of hydrogen-bond acceptors (Lipinski definition) is 5. The Morgan fingerprint density at radius 3 is 2.60 bits per heavy atom. The molecule has 8 nitrogen and oxygen atoms in total. The molecular weight excluding hydrogens is 382 g/mol. The number of aromatic hydroxyl groups is 1. The summed E-state index contributed by atoms with van der Waals surface area (Å²) in [7, 11) is 1.78. The van der Waals surface area contributed by atoms with Crippen LogP contribution in [0.4, 0.5) is 5.69 Å². The van der Waals surface area contributed by atoms with Gasteiger partial charge in [0.1, 0.15) is 17.5 Å². The number of nitrogens with zero attached hydrogens (tertiary/aromatic N) is 2. The Bertz CT molecular complexity index is 1150. The number of aromatic nitrogens is 2. The van der Waals surface area contributed by atoms with Crippen LogP contribution in [-0.2, 0) is 11.8 Å². The van der Waals surface area contributed by atoms with Gasteiger partial charge >= 0.3 is 0 Å². The number of para-hydroxylation sites is 1. The minimum absolute atomic E-state index is 0.186. The highest BCUT2D eigenvalue weighted by atomic mass is 16.3. The second-order valence-electron chi connectivity index (χ2n) is 7.62. The Labute approximate surface area is 174 Å². The summed E-state index contributed by atoms with van der Waals surface area (Å²) in [5, 5.41) is 12.9. The maximum Gasteiger partial charge on any atom is 0.295 e. The maximum atomic E-state index is 13.0. The smallest absolute Gasteiger partial charge is 0.295 e. The van der Waals surface area contributed by atoms with Crippen molar-refractivity contribution in [3.63, 3.8) is 0 Å². The average Bonchev–Trinajstić information content (AvgIpc) is 3.30. The van der Waals surface area contributed by atoms with Crippen molar-refractivity contribution in [2.75, 3.05) is 5.32 Å². The van der Waals surface area contributed by atoms with Gasteiger partial charge in [-0.05, 0) is 38.5 Å². The summed E-state index contributed by atoms with van der Waals surface area (Å²) in [5.74, 6) is -0.117. The summed E-state index contributed by atoms with van der Waals surface area (Å²) in [4.78, 5) is 25.9. The van der Waals surface area contributed by atoms with E-state index in [1.54, 1.807) is 24.7 Å². The van der Waals surface area contributed by atoms with Crippen LogP contribution in [0.15, 0.2) is 53.3 Å². The van der Waals surface area contributed by atoms with Crippen molar-refractivity contribution >= 4 is 11.6 Å². The third-order valence-electron chi connectivity index (χ3n) is 5.58. The summed E-state index contributed by atoms with van der Waals surface area (Å²) in [6.07, 6.45) is 0.446. The van der Waals surface area contributed by atoms with Gasteiger partial charge in [-0.1, -0.05) is 35.9 Å². The number of aryl methyl sites for hydroxylation is 1. The van der Waals surface area contributed by atoms with Crippen molar-refractivity contribution in [3.05, 3.63) is 75.7 Å². The Morgan fingerprint density at radius 2 is 1.87 bits per heavy atom. The number of phenols is 1. The number of carbonyl (C=O) groups is 1. The monoisotopic (exact) mass is 407 g/mol. The summed E-state index contributed by atoms with van der Waals surface area (Å²) in [6.45, 7) is 3.75. The Morgan fingerprint density at radius 1 is 1.13 bits per heavy atom. The molecule has 1 aromatic heterocycles. The highest BCUT2D eigenvalue weighted by Gasteiger charge is 2.32. The molecule has 2 unspecified atom stereocenters. The molecule has 156 valence electrons. The third-order valence-corrected chi connectivity index (χ3v) is 5.58. The maximum absolute atomic E-state index is 13.0. The van der Waals surface area contributed by atoms with Gasteiger partial charge in [-0.15, -0.1) is 0 Å². The van der Waals surface area contributed by atoms with Gasteiger partial charge in [0, 0.05) is 12.6 Å². The van der Waals surface area contributed by atoms with Gasteiger partial charge in [0.25, 0.3) is 5.56 Å². The molecule has 3 aromatic rings. The predicted octanol–water partition coefficient (Wildman–Crippen LogP) is 2.04. The highest BCUT2D eigenvalue weighted by molar-refractivity contribution is 5.95. The summed E-state index contributed by atoms with van der Waals surface area (Å²) in [6, 6.07) is 13.9. The number of benzene rings is 2. The number of amides is 1. The molecule has 2 heterocycles. The molecule has 8 heteroatoms. The minimum Gasteiger partial charge on any atom is -0.508 e. The number of rotatable bonds is 4. The molecule has 30 heavy (non-hydrogen) atoms. The normalized spacial score (nSPS) is 18.5. The number of carbonyl (C=O) groups excluding carboxylic acids is 1. The van der Waals surface area contributed by atoms with E-state index in [1.807, 2.05) is 49.4 Å². The molecule has 1 saturated heterocycles. The van der Waals surface area contributed by atoms with Crippen LogP contribution in [-0.4, -0.2) is 26.4 Å². The van der Waals surface area contributed by atoms with E-state index in [0.29, 0.717) is 12.1 Å². The van der Waals surface area contributed by atoms with Crippen molar-refractivity contribution < 1.29 is 9.90 Å². The first kappa shape index (κ1) is 19.9. The summed E-state index contributed by atoms with van der Waals surface area (Å²) < 4.78 is 3.25. The van der Waals surface area contributed by atoms with Crippen molar-refractivity contribution in [2.45, 2.75) is 32.4 Å². The SMILES string of the molecule is Cc1ccc(O)c(C2CC(C(=O)Nc3c(C)n(C)n(-c4ccccc4)c3=O)NN2)c1. The standard InChI is InChI=1S/C22H25N5O3/c1-13-9-10-19(28)16(11-13)17-12-18(25-24-17)21(29)23-20-14(2)26(3)27(22(20)30)15-7-5-4-6-8-15/h4-11,17-18,24-25,28H,12H2,1-3H3,(H,23,29). The zero-order chi connectivity index (χ0) is 21.4. The molecule has 1 aliphatic heterocycles. The largest absolute Gasteiger partial charge is 0.508 e. The number of phenolic OH excluding ortho intramolecular Hbond substituents is 1. The molecule has 0 aliphatic carbocycles. The number of hydrogen-bond donors (Lipinski definition) is 4. The third kappa shape index (κ3) is 3.51. The first-order chi connectivity index (χ1) is 14.4. The molecular formula is C22H25N5O3. The first-order valence-corrected chi connectivity index (χ1v) is 9.82. The van der Waals surface area contributed by atoms with Gasteiger partial charge in [0.15, 0.2) is 0 Å². The fourth-order valence-electron chi connectivity index (χ4n) is 3.81. The highest BCUT2D eigenvalue weighted by Crippen LogP contribution is 2.30. The van der Waals surface area contributed by atoms with Crippen LogP contribution in [0.5, 0.6) is 5.75 Å². The lowest BCUT2D eigenvalue weighted by molar-refractivity contribution is -0.117. The van der Waals surface area contributed by atoms with Crippen LogP contribution in [0.1, 0.15) is 29.3 Å². The van der Waals surface area contributed by atoms with Gasteiger partial charge < -0.3 is 10.4 Å². The van der Waals surface area contributed by atoms with E-state index in [9.17, 15) is 14.7 Å². The second kappa shape index (κ2) is 7.81. The molecule has 4 N–H and O–H groups in total. The quantitative estimate of drug-likeness (QED) is 0.530. The first-order valence-electron chi connectivity index (χ1n) is 9.82. The lowest BCUT2D eigenvalue weighted by Gasteiger charge is -2.12. The zero-order valence-corrected chi connectivity index (χ0v) is 17.1. The lowest BCUT2D eigenvalue weighted by Crippen LogP contribution is -2.40. The topological polar surface area (TPSA) is 100 Å². The van der Waals surface area contributed by atoms with Gasteiger partial charge in [0.05, 0.1) is 17.4 Å². The Hall–Kier alpha value is -3.36. The van der Waals surface area contributed by atoms with Crippen molar-refractivity contribution in [1.82, 2.24) is 20.2 Å². The summed E-state index contributed by atoms with van der Waals surface area (Å²) in [5.41, 5.74) is 9.17. The van der Waals surface area contributed by atoms with Crippen molar-refractivity contribution in [1.29, 1.82) is 0 Å². The van der Waals surface area contributed by atoms with Crippen LogP contribution in [0.25, 0.3) is 5.69 Å². The van der Waals surface area contributed by atoms with Crippen LogP contribution >= 0.6 is 0 Å². The van der Waals surface area contributed by atoms with E-state index in [-0.39, 0.29) is 28.9 Å². The fraction of sp³-hybridized carbons (Fsp3) is 0.273. The van der Waals surface area contributed by atoms with Gasteiger partial charge in [0.2, 0.25) is 5.91 Å². The summed E-state index contributed by atoms with van der Waals surface area (Å²) >= 11 is 0. The van der Waals surface area contributed by atoms with E-state index in [1.165, 1.54) is 4.68 Å². The van der Waals surface area contributed by atoms with E-state index < -0.39 is 6.04 Å². The van der Waals surface area contributed by atoms with Crippen LogP contribution < -0.4 is 21.7 Å². The predicted molar refractivity (Wildman–Crippen MR) is 115 cm³/mol. The Balaban J connectivity index is 1.54. The molecule has 0 radical (unpaired) electrons. The second-order valence-corrected chi connectivity index (χ2v) is 7.62. The average molecular weight is 407 g/mol. The molecule has 0 spiro atoms. The van der Waals surface area contributed by atoms with Gasteiger partial charge in [-0.2, -0.15) is 0 Å². The zero-order valence-electron chi connectivity index (χ0n) is 17.1. The molecule has 0 saturated carbocycles. The minimum atomic E-state index is -0.543. The van der Waals surface area contributed by atoms with E-state index in [0.717, 1.165) is 16.8 Å². The number of nitrogens with one attached hydrogen (secondary N) is 3. The van der Waals surface area contributed by atoms with E-state index in [4.69, 9.17) is 0 Å². The molecule has 2 atom stereocenters. The Kier molecular flexibility index (Phi) is 5.19. The molecule has 1 fully saturated rings. The van der Waals surface area contributed by atoms with Crippen LogP contribution in [0, 0.1) is 13.8 Å². The van der Waals surface area contributed by atoms with Crippen LogP contribution in [0.2, 0.25) is 0 Å². The molecule has 2 aromatic carbocycles. The van der Waals surface area contributed by atoms with Crippen LogP contribution in [0.3, 0.4) is 0 Å². The number of hydrazine groups is 1. The molecule has 1 amide bonds. The molecule has 1 aliphatic rings. The van der Waals surface area contributed by atoms with Gasteiger partial charge in [-0.25, -0.2) is 15.5 Å². The van der Waals surface area contributed by atoms with E-state index >= 15 is 0 Å².